The van der Waals surface area contributed by atoms with E-state index < -0.39 is 0 Å². The van der Waals surface area contributed by atoms with E-state index in [4.69, 9.17) is 0 Å². The van der Waals surface area contributed by atoms with Gasteiger partial charge in [0, 0.05) is 6.20 Å². The number of aromatic amines is 1. The molecule has 4 fully saturated rings. The van der Waals surface area contributed by atoms with E-state index >= 15 is 0 Å². The summed E-state index contributed by atoms with van der Waals surface area (Å²) in [6.45, 7) is 0. The zero-order valence-electron chi connectivity index (χ0n) is 11.0. The number of hydrogen-bond acceptors (Lipinski definition) is 2. The minimum Gasteiger partial charge on any atom is -0.328 e. The van der Waals surface area contributed by atoms with Gasteiger partial charge < -0.3 is 4.98 Å². The molecule has 4 bridgehead atoms. The van der Waals surface area contributed by atoms with Crippen molar-refractivity contribution in [3.05, 3.63) is 33.7 Å². The highest BCUT2D eigenvalue weighted by atomic mass is 16.1. The molecule has 1 aromatic rings. The predicted molar refractivity (Wildman–Crippen MR) is 71.6 cm³/mol. The highest BCUT2D eigenvalue weighted by molar-refractivity contribution is 5.42. The molecule has 0 aliphatic heterocycles. The van der Waals surface area contributed by atoms with Crippen molar-refractivity contribution in [1.82, 2.24) is 4.98 Å². The molecule has 4 aliphatic carbocycles. The second-order valence-corrected chi connectivity index (χ2v) is 6.91. The molecule has 4 aliphatic rings. The molecule has 5 rings (SSSR count). The van der Waals surface area contributed by atoms with E-state index in [0.29, 0.717) is 5.56 Å². The molecule has 0 radical (unpaired) electrons. The highest BCUT2D eigenvalue weighted by Crippen LogP contribution is 2.60. The lowest BCUT2D eigenvalue weighted by Gasteiger charge is -2.57. The van der Waals surface area contributed by atoms with Crippen LogP contribution in [0.4, 0.5) is 0 Å². The van der Waals surface area contributed by atoms with Crippen LogP contribution in [0.15, 0.2) is 17.1 Å². The van der Waals surface area contributed by atoms with E-state index in [2.05, 4.69) is 11.1 Å². The molecule has 0 unspecified atom stereocenters. The van der Waals surface area contributed by atoms with Gasteiger partial charge in [-0.25, -0.2) is 0 Å². The number of hydrogen-bond donors (Lipinski definition) is 1. The first-order valence-electron chi connectivity index (χ1n) is 7.32. The summed E-state index contributed by atoms with van der Waals surface area (Å²) in [6.07, 6.45) is 9.43. The number of H-pyrrole nitrogens is 1. The number of nitriles is 1. The minimum absolute atomic E-state index is 0.133. The maximum absolute atomic E-state index is 11.9. The monoisotopic (exact) mass is 254 g/mol. The molecule has 0 saturated heterocycles. The third-order valence-electron chi connectivity index (χ3n) is 5.68. The van der Waals surface area contributed by atoms with E-state index in [1.54, 1.807) is 6.20 Å². The largest absolute Gasteiger partial charge is 0.328 e. The molecule has 0 atom stereocenters. The van der Waals surface area contributed by atoms with Gasteiger partial charge in [-0.15, -0.1) is 0 Å². The van der Waals surface area contributed by atoms with Gasteiger partial charge in [-0.05, 0) is 73.3 Å². The lowest BCUT2D eigenvalue weighted by Crippen LogP contribution is -2.49. The van der Waals surface area contributed by atoms with Gasteiger partial charge in [0.1, 0.15) is 11.6 Å². The summed E-state index contributed by atoms with van der Waals surface area (Å²) in [5.74, 6) is 2.49. The van der Waals surface area contributed by atoms with E-state index in [1.807, 2.05) is 6.07 Å². The Hall–Kier alpha value is -1.56. The van der Waals surface area contributed by atoms with Crippen LogP contribution >= 0.6 is 0 Å². The maximum atomic E-state index is 11.9. The summed E-state index contributed by atoms with van der Waals surface area (Å²) < 4.78 is 0. The Balaban J connectivity index is 1.87. The van der Waals surface area contributed by atoms with Crippen molar-refractivity contribution in [3.63, 3.8) is 0 Å². The fourth-order valence-corrected chi connectivity index (χ4v) is 5.47. The third kappa shape index (κ3) is 1.52. The average molecular weight is 254 g/mol. The third-order valence-corrected chi connectivity index (χ3v) is 5.68. The van der Waals surface area contributed by atoms with Crippen LogP contribution in [0.5, 0.6) is 0 Å². The van der Waals surface area contributed by atoms with Gasteiger partial charge in [-0.2, -0.15) is 5.26 Å². The minimum atomic E-state index is -0.212. The van der Waals surface area contributed by atoms with Crippen molar-refractivity contribution in [2.75, 3.05) is 0 Å². The average Bonchev–Trinajstić information content (AvgIpc) is 2.36. The van der Waals surface area contributed by atoms with Crippen molar-refractivity contribution in [1.29, 1.82) is 5.26 Å². The molecule has 19 heavy (non-hydrogen) atoms. The quantitative estimate of drug-likeness (QED) is 0.837. The van der Waals surface area contributed by atoms with Crippen LogP contribution in [0.1, 0.15) is 49.7 Å². The predicted octanol–water partition coefficient (Wildman–Crippen LogP) is 2.71. The zero-order valence-corrected chi connectivity index (χ0v) is 11.0. The Kier molecular flexibility index (Phi) is 2.21. The molecule has 3 nitrogen and oxygen atoms in total. The standard InChI is InChI=1S/C16H18N2O/c17-9-13-14(1-2-18-15(13)19)16-6-10-3-11(7-16)5-12(4-10)8-16/h1-2,10-12H,3-8H2,(H,18,19). The van der Waals surface area contributed by atoms with Crippen molar-refractivity contribution < 1.29 is 0 Å². The SMILES string of the molecule is N#Cc1c(C23CC4CC(CC(C4)C2)C3)cc[nH]c1=O. The van der Waals surface area contributed by atoms with Gasteiger partial charge in [-0.3, -0.25) is 4.79 Å². The summed E-state index contributed by atoms with van der Waals surface area (Å²) in [5.41, 5.74) is 1.33. The molecule has 0 spiro atoms. The molecular formula is C16H18N2O. The van der Waals surface area contributed by atoms with E-state index in [9.17, 15) is 10.1 Å². The second kappa shape index (κ2) is 3.72. The van der Waals surface area contributed by atoms with Gasteiger partial charge >= 0.3 is 0 Å². The normalized spacial score (nSPS) is 39.2. The van der Waals surface area contributed by atoms with Crippen LogP contribution in [0, 0.1) is 29.1 Å². The smallest absolute Gasteiger partial charge is 0.266 e. The Morgan fingerprint density at radius 1 is 1.16 bits per heavy atom. The first-order valence-corrected chi connectivity index (χ1v) is 7.32. The second-order valence-electron chi connectivity index (χ2n) is 6.91. The van der Waals surface area contributed by atoms with Crippen LogP contribution in [-0.4, -0.2) is 4.98 Å². The fraction of sp³-hybridized carbons (Fsp3) is 0.625. The molecule has 1 aromatic heterocycles. The fourth-order valence-electron chi connectivity index (χ4n) is 5.47. The van der Waals surface area contributed by atoms with E-state index in [0.717, 1.165) is 23.3 Å². The summed E-state index contributed by atoms with van der Waals surface area (Å²) in [5, 5.41) is 9.33. The highest BCUT2D eigenvalue weighted by Gasteiger charge is 2.52. The topological polar surface area (TPSA) is 56.6 Å². The maximum Gasteiger partial charge on any atom is 0.266 e. The van der Waals surface area contributed by atoms with Gasteiger partial charge in [0.25, 0.3) is 5.56 Å². The van der Waals surface area contributed by atoms with Crippen molar-refractivity contribution in [2.24, 2.45) is 17.8 Å². The van der Waals surface area contributed by atoms with Crippen LogP contribution < -0.4 is 5.56 Å². The molecule has 0 amide bonds. The van der Waals surface area contributed by atoms with Crippen LogP contribution in [0.3, 0.4) is 0 Å². The van der Waals surface area contributed by atoms with Gasteiger partial charge in [-0.1, -0.05) is 0 Å². The molecule has 98 valence electrons. The molecule has 1 heterocycles. The molecule has 3 heteroatoms. The van der Waals surface area contributed by atoms with Gasteiger partial charge in [0.2, 0.25) is 0 Å². The summed E-state index contributed by atoms with van der Waals surface area (Å²) in [6, 6.07) is 4.14. The number of nitrogens with zero attached hydrogens (tertiary/aromatic N) is 1. The number of rotatable bonds is 1. The van der Waals surface area contributed by atoms with Crippen molar-refractivity contribution >= 4 is 0 Å². The Morgan fingerprint density at radius 2 is 1.74 bits per heavy atom. The molecule has 4 saturated carbocycles. The summed E-state index contributed by atoms with van der Waals surface area (Å²) in [4.78, 5) is 14.5. The van der Waals surface area contributed by atoms with E-state index in [-0.39, 0.29) is 11.0 Å². The van der Waals surface area contributed by atoms with Crippen molar-refractivity contribution in [2.45, 2.75) is 43.9 Å². The van der Waals surface area contributed by atoms with Gasteiger partial charge in [0.05, 0.1) is 0 Å². The molecule has 1 N–H and O–H groups in total. The number of aromatic nitrogens is 1. The Morgan fingerprint density at radius 3 is 2.26 bits per heavy atom. The molecular weight excluding hydrogens is 236 g/mol. The lowest BCUT2D eigenvalue weighted by atomic mass is 9.48. The van der Waals surface area contributed by atoms with Crippen molar-refractivity contribution in [3.8, 4) is 6.07 Å². The number of pyridine rings is 1. The van der Waals surface area contributed by atoms with Crippen LogP contribution in [0.2, 0.25) is 0 Å². The van der Waals surface area contributed by atoms with E-state index in [1.165, 1.54) is 38.5 Å². The Bertz CT molecular complexity index is 587. The zero-order chi connectivity index (χ0) is 13.0. The lowest BCUT2D eigenvalue weighted by molar-refractivity contribution is -0.00538. The first kappa shape index (κ1) is 11.3. The van der Waals surface area contributed by atoms with Crippen LogP contribution in [-0.2, 0) is 5.41 Å². The summed E-state index contributed by atoms with van der Waals surface area (Å²) >= 11 is 0. The number of nitrogens with one attached hydrogen (secondary N) is 1. The van der Waals surface area contributed by atoms with Gasteiger partial charge in [0.15, 0.2) is 0 Å². The van der Waals surface area contributed by atoms with Crippen LogP contribution in [0.25, 0.3) is 0 Å². The first-order chi connectivity index (χ1) is 9.20. The summed E-state index contributed by atoms with van der Waals surface area (Å²) in [7, 11) is 0. The Labute approximate surface area is 112 Å². The molecule has 0 aromatic carbocycles.